The van der Waals surface area contributed by atoms with Crippen LogP contribution in [-0.2, 0) is 11.3 Å². The molecule has 0 bridgehead atoms. The Morgan fingerprint density at radius 3 is 2.90 bits per heavy atom. The maximum absolute atomic E-state index is 13.6. The van der Waals surface area contributed by atoms with E-state index in [1.807, 2.05) is 13.0 Å². The molecule has 1 saturated carbocycles. The second-order valence-corrected chi connectivity index (χ2v) is 5.72. The third kappa shape index (κ3) is 3.79. The Balaban J connectivity index is 1.88. The number of halogens is 1. The standard InChI is InChI=1S/C16H22FNO2/c1-11-6-7-15(17)13(8-11)10-18-9-12-4-2-3-5-14(12)16(19)20/h6-8,12,14,18H,2-5,9-10H2,1H3,(H,19,20). The van der Waals surface area contributed by atoms with E-state index in [4.69, 9.17) is 0 Å². The van der Waals surface area contributed by atoms with E-state index < -0.39 is 5.97 Å². The number of hydrogen-bond acceptors (Lipinski definition) is 2. The van der Waals surface area contributed by atoms with Gasteiger partial charge in [0.15, 0.2) is 0 Å². The van der Waals surface area contributed by atoms with Gasteiger partial charge < -0.3 is 10.4 Å². The number of carboxylic acids is 1. The fourth-order valence-electron chi connectivity index (χ4n) is 3.01. The average Bonchev–Trinajstić information content (AvgIpc) is 2.43. The van der Waals surface area contributed by atoms with Crippen molar-refractivity contribution >= 4 is 5.97 Å². The predicted molar refractivity (Wildman–Crippen MR) is 75.9 cm³/mol. The van der Waals surface area contributed by atoms with Crippen LogP contribution in [0.5, 0.6) is 0 Å². The summed E-state index contributed by atoms with van der Waals surface area (Å²) in [5, 5.41) is 12.4. The zero-order chi connectivity index (χ0) is 14.5. The summed E-state index contributed by atoms with van der Waals surface area (Å²) in [6.45, 7) is 3.03. The van der Waals surface area contributed by atoms with Crippen molar-refractivity contribution < 1.29 is 14.3 Å². The molecule has 1 aliphatic carbocycles. The van der Waals surface area contributed by atoms with E-state index in [1.54, 1.807) is 6.07 Å². The maximum atomic E-state index is 13.6. The van der Waals surface area contributed by atoms with E-state index in [1.165, 1.54) is 6.07 Å². The van der Waals surface area contributed by atoms with Crippen molar-refractivity contribution in [1.29, 1.82) is 0 Å². The summed E-state index contributed by atoms with van der Waals surface area (Å²) in [6.07, 6.45) is 3.80. The molecule has 0 heterocycles. The molecule has 20 heavy (non-hydrogen) atoms. The second kappa shape index (κ2) is 6.84. The number of carboxylic acid groups (broad SMARTS) is 1. The van der Waals surface area contributed by atoms with E-state index in [-0.39, 0.29) is 17.7 Å². The molecule has 2 atom stereocenters. The molecule has 3 nitrogen and oxygen atoms in total. The van der Waals surface area contributed by atoms with Gasteiger partial charge in [0.1, 0.15) is 5.82 Å². The van der Waals surface area contributed by atoms with Gasteiger partial charge in [0.05, 0.1) is 5.92 Å². The summed E-state index contributed by atoms with van der Waals surface area (Å²) in [5.41, 5.74) is 1.68. The minimum atomic E-state index is -0.696. The van der Waals surface area contributed by atoms with E-state index in [0.717, 1.165) is 31.2 Å². The van der Waals surface area contributed by atoms with Crippen LogP contribution in [0, 0.1) is 24.6 Å². The number of nitrogens with one attached hydrogen (secondary N) is 1. The second-order valence-electron chi connectivity index (χ2n) is 5.72. The molecular weight excluding hydrogens is 257 g/mol. The minimum Gasteiger partial charge on any atom is -0.481 e. The Labute approximate surface area is 119 Å². The van der Waals surface area contributed by atoms with Crippen LogP contribution in [0.25, 0.3) is 0 Å². The first-order valence-corrected chi connectivity index (χ1v) is 7.26. The molecule has 0 saturated heterocycles. The van der Waals surface area contributed by atoms with Crippen molar-refractivity contribution in [1.82, 2.24) is 5.32 Å². The highest BCUT2D eigenvalue weighted by Crippen LogP contribution is 2.29. The number of aliphatic carboxylic acids is 1. The van der Waals surface area contributed by atoms with Crippen molar-refractivity contribution in [2.45, 2.75) is 39.2 Å². The lowest BCUT2D eigenvalue weighted by Gasteiger charge is -2.28. The van der Waals surface area contributed by atoms with Gasteiger partial charge in [-0.25, -0.2) is 4.39 Å². The molecule has 1 aliphatic rings. The number of hydrogen-bond donors (Lipinski definition) is 2. The molecule has 0 radical (unpaired) electrons. The first-order chi connectivity index (χ1) is 9.58. The van der Waals surface area contributed by atoms with Gasteiger partial charge in [0.25, 0.3) is 0 Å². The highest BCUT2D eigenvalue weighted by Gasteiger charge is 2.30. The zero-order valence-electron chi connectivity index (χ0n) is 11.9. The molecule has 0 spiro atoms. The fourth-order valence-corrected chi connectivity index (χ4v) is 3.01. The molecule has 2 rings (SSSR count). The van der Waals surface area contributed by atoms with Crippen molar-refractivity contribution in [2.24, 2.45) is 11.8 Å². The number of aryl methyl sites for hydroxylation is 1. The van der Waals surface area contributed by atoms with E-state index in [0.29, 0.717) is 18.7 Å². The Morgan fingerprint density at radius 2 is 2.15 bits per heavy atom. The van der Waals surface area contributed by atoms with Gasteiger partial charge in [-0.15, -0.1) is 0 Å². The van der Waals surface area contributed by atoms with Crippen LogP contribution >= 0.6 is 0 Å². The smallest absolute Gasteiger partial charge is 0.306 e. The van der Waals surface area contributed by atoms with Crippen LogP contribution in [0.4, 0.5) is 4.39 Å². The highest BCUT2D eigenvalue weighted by atomic mass is 19.1. The number of carbonyl (C=O) groups is 1. The fraction of sp³-hybridized carbons (Fsp3) is 0.562. The quantitative estimate of drug-likeness (QED) is 0.870. The molecule has 110 valence electrons. The van der Waals surface area contributed by atoms with Gasteiger partial charge in [-0.1, -0.05) is 30.5 Å². The monoisotopic (exact) mass is 279 g/mol. The van der Waals surface area contributed by atoms with Crippen molar-refractivity contribution in [2.75, 3.05) is 6.54 Å². The van der Waals surface area contributed by atoms with Gasteiger partial charge in [-0.05, 0) is 38.3 Å². The normalized spacial score (nSPS) is 22.7. The van der Waals surface area contributed by atoms with Crippen molar-refractivity contribution in [3.8, 4) is 0 Å². The molecular formula is C16H22FNO2. The van der Waals surface area contributed by atoms with Gasteiger partial charge >= 0.3 is 5.97 Å². The van der Waals surface area contributed by atoms with Gasteiger partial charge in [-0.3, -0.25) is 4.79 Å². The Kier molecular flexibility index (Phi) is 5.12. The summed E-state index contributed by atoms with van der Waals surface area (Å²) >= 11 is 0. The van der Waals surface area contributed by atoms with Crippen LogP contribution in [0.1, 0.15) is 36.8 Å². The highest BCUT2D eigenvalue weighted by molar-refractivity contribution is 5.70. The molecule has 0 amide bonds. The Morgan fingerprint density at radius 1 is 1.40 bits per heavy atom. The first kappa shape index (κ1) is 15.0. The largest absolute Gasteiger partial charge is 0.481 e. The van der Waals surface area contributed by atoms with Crippen LogP contribution in [0.2, 0.25) is 0 Å². The summed E-state index contributed by atoms with van der Waals surface area (Å²) in [7, 11) is 0. The lowest BCUT2D eigenvalue weighted by Crippen LogP contribution is -2.34. The molecule has 1 fully saturated rings. The lowest BCUT2D eigenvalue weighted by molar-refractivity contribution is -0.144. The SMILES string of the molecule is Cc1ccc(F)c(CNCC2CCCCC2C(=O)O)c1. The molecule has 0 aliphatic heterocycles. The molecule has 2 N–H and O–H groups in total. The number of benzene rings is 1. The summed E-state index contributed by atoms with van der Waals surface area (Å²) in [5.74, 6) is -0.993. The summed E-state index contributed by atoms with van der Waals surface area (Å²) in [4.78, 5) is 11.2. The van der Waals surface area contributed by atoms with E-state index in [2.05, 4.69) is 5.32 Å². The average molecular weight is 279 g/mol. The summed E-state index contributed by atoms with van der Waals surface area (Å²) in [6, 6.07) is 5.06. The third-order valence-corrected chi connectivity index (χ3v) is 4.15. The Bertz CT molecular complexity index is 476. The molecule has 1 aromatic carbocycles. The topological polar surface area (TPSA) is 49.3 Å². The van der Waals surface area contributed by atoms with E-state index in [9.17, 15) is 14.3 Å². The maximum Gasteiger partial charge on any atom is 0.306 e. The zero-order valence-corrected chi connectivity index (χ0v) is 11.9. The lowest BCUT2D eigenvalue weighted by atomic mass is 9.79. The van der Waals surface area contributed by atoms with Crippen molar-refractivity contribution in [3.05, 3.63) is 35.1 Å². The van der Waals surface area contributed by atoms with Crippen molar-refractivity contribution in [3.63, 3.8) is 0 Å². The van der Waals surface area contributed by atoms with Gasteiger partial charge in [0, 0.05) is 12.1 Å². The third-order valence-electron chi connectivity index (χ3n) is 4.15. The van der Waals surface area contributed by atoms with Crippen LogP contribution < -0.4 is 5.32 Å². The molecule has 2 unspecified atom stereocenters. The minimum absolute atomic E-state index is 0.161. The number of rotatable bonds is 5. The Hall–Kier alpha value is -1.42. The first-order valence-electron chi connectivity index (χ1n) is 7.26. The molecule has 1 aromatic rings. The summed E-state index contributed by atoms with van der Waals surface area (Å²) < 4.78 is 13.6. The van der Waals surface area contributed by atoms with Crippen LogP contribution in [0.3, 0.4) is 0 Å². The van der Waals surface area contributed by atoms with Gasteiger partial charge in [-0.2, -0.15) is 0 Å². The van der Waals surface area contributed by atoms with Crippen LogP contribution in [-0.4, -0.2) is 17.6 Å². The predicted octanol–water partition coefficient (Wildman–Crippen LogP) is 3.11. The van der Waals surface area contributed by atoms with E-state index >= 15 is 0 Å². The molecule has 0 aromatic heterocycles. The van der Waals surface area contributed by atoms with Gasteiger partial charge in [0.2, 0.25) is 0 Å². The molecule has 4 heteroatoms. The van der Waals surface area contributed by atoms with Crippen LogP contribution in [0.15, 0.2) is 18.2 Å².